The number of nitrogens with one attached hydrogen (secondary N) is 1. The minimum Gasteiger partial charge on any atom is -0.467 e. The van der Waals surface area contributed by atoms with Crippen molar-refractivity contribution in [1.29, 1.82) is 0 Å². The zero-order valence-electron chi connectivity index (χ0n) is 20.3. The Morgan fingerprint density at radius 1 is 1.00 bits per heavy atom. The lowest BCUT2D eigenvalue weighted by Crippen LogP contribution is -2.29. The van der Waals surface area contributed by atoms with Crippen LogP contribution in [0, 0.1) is 34.6 Å². The van der Waals surface area contributed by atoms with Crippen molar-refractivity contribution >= 4 is 17.3 Å². The third-order valence-corrected chi connectivity index (χ3v) is 7.10. The molecule has 174 valence electrons. The number of thiocarbonyl (C=S) groups is 1. The van der Waals surface area contributed by atoms with Gasteiger partial charge in [-0.3, -0.25) is 4.98 Å². The maximum Gasteiger partial charge on any atom is 0.170 e. The molecule has 0 aliphatic carbocycles. The lowest BCUT2D eigenvalue weighted by molar-refractivity contribution is 0.286. The molecule has 0 spiro atoms. The first kappa shape index (κ1) is 22.4. The van der Waals surface area contributed by atoms with E-state index in [0.29, 0.717) is 11.7 Å². The number of pyridine rings is 1. The first-order valence-corrected chi connectivity index (χ1v) is 12.0. The van der Waals surface area contributed by atoms with Crippen LogP contribution in [0.1, 0.15) is 57.2 Å². The van der Waals surface area contributed by atoms with Crippen molar-refractivity contribution in [3.8, 4) is 5.69 Å². The second kappa shape index (κ2) is 8.76. The second-order valence-electron chi connectivity index (χ2n) is 9.24. The van der Waals surface area contributed by atoms with E-state index in [1.165, 1.54) is 39.3 Å². The van der Waals surface area contributed by atoms with Crippen LogP contribution in [-0.2, 0) is 6.54 Å². The molecule has 0 unspecified atom stereocenters. The first-order chi connectivity index (χ1) is 16.3. The van der Waals surface area contributed by atoms with E-state index in [0.717, 1.165) is 11.5 Å². The van der Waals surface area contributed by atoms with Crippen LogP contribution in [0.5, 0.6) is 0 Å². The fraction of sp³-hybridized carbons (Fsp3) is 0.286. The van der Waals surface area contributed by atoms with Crippen LogP contribution >= 0.6 is 12.2 Å². The first-order valence-electron chi connectivity index (χ1n) is 11.6. The number of aryl methyl sites for hydroxylation is 4. The molecule has 0 amide bonds. The second-order valence-corrected chi connectivity index (χ2v) is 9.63. The highest BCUT2D eigenvalue weighted by Gasteiger charge is 2.41. The summed E-state index contributed by atoms with van der Waals surface area (Å²) in [4.78, 5) is 6.91. The van der Waals surface area contributed by atoms with E-state index in [9.17, 15) is 0 Å². The molecule has 5 nitrogen and oxygen atoms in total. The molecule has 0 radical (unpaired) electrons. The summed E-state index contributed by atoms with van der Waals surface area (Å²) in [7, 11) is 0. The molecule has 3 aromatic heterocycles. The zero-order valence-corrected chi connectivity index (χ0v) is 21.1. The topological polar surface area (TPSA) is 46.2 Å². The highest BCUT2D eigenvalue weighted by molar-refractivity contribution is 7.80. The van der Waals surface area contributed by atoms with Gasteiger partial charge in [-0.05, 0) is 93.9 Å². The highest BCUT2D eigenvalue weighted by atomic mass is 32.1. The molecule has 1 aliphatic rings. The Morgan fingerprint density at radius 3 is 2.41 bits per heavy atom. The molecular weight excluding hydrogens is 440 g/mol. The van der Waals surface area contributed by atoms with Gasteiger partial charge in [-0.2, -0.15) is 0 Å². The van der Waals surface area contributed by atoms with E-state index in [4.69, 9.17) is 16.6 Å². The van der Waals surface area contributed by atoms with Gasteiger partial charge in [0.1, 0.15) is 5.76 Å². The molecule has 1 N–H and O–H groups in total. The summed E-state index contributed by atoms with van der Waals surface area (Å²) in [5.41, 5.74) is 9.74. The van der Waals surface area contributed by atoms with Gasteiger partial charge in [0.25, 0.3) is 0 Å². The van der Waals surface area contributed by atoms with E-state index in [2.05, 4.69) is 78.7 Å². The minimum absolute atomic E-state index is 0.0153. The summed E-state index contributed by atoms with van der Waals surface area (Å²) in [6.45, 7) is 11.5. The SMILES string of the molecule is Cc1cc(C)c(-n2c(C)cc([C@@H]3[C@H](c4ccccn4)NC(=S)N3Cc3ccco3)c2C)c(C)c1. The molecule has 4 aromatic rings. The molecule has 2 atom stereocenters. The summed E-state index contributed by atoms with van der Waals surface area (Å²) in [6.07, 6.45) is 3.55. The maximum atomic E-state index is 5.84. The largest absolute Gasteiger partial charge is 0.467 e. The quantitative estimate of drug-likeness (QED) is 0.353. The Morgan fingerprint density at radius 2 is 1.76 bits per heavy atom. The fourth-order valence-corrected chi connectivity index (χ4v) is 5.75. The van der Waals surface area contributed by atoms with E-state index in [1.807, 2.05) is 30.5 Å². The van der Waals surface area contributed by atoms with E-state index in [1.54, 1.807) is 6.26 Å². The zero-order chi connectivity index (χ0) is 24.0. The van der Waals surface area contributed by atoms with E-state index >= 15 is 0 Å². The van der Waals surface area contributed by atoms with Gasteiger partial charge in [-0.25, -0.2) is 0 Å². The van der Waals surface area contributed by atoms with Crippen molar-refractivity contribution in [1.82, 2.24) is 19.8 Å². The van der Waals surface area contributed by atoms with Crippen LogP contribution < -0.4 is 5.32 Å². The highest BCUT2D eigenvalue weighted by Crippen LogP contribution is 2.42. The lowest BCUT2D eigenvalue weighted by atomic mass is 9.96. The number of hydrogen-bond acceptors (Lipinski definition) is 3. The third-order valence-electron chi connectivity index (χ3n) is 6.75. The van der Waals surface area contributed by atoms with Gasteiger partial charge in [-0.1, -0.05) is 23.8 Å². The number of nitrogens with zero attached hydrogens (tertiary/aromatic N) is 3. The molecule has 0 bridgehead atoms. The van der Waals surface area contributed by atoms with Crippen molar-refractivity contribution in [3.63, 3.8) is 0 Å². The van der Waals surface area contributed by atoms with Gasteiger partial charge < -0.3 is 19.2 Å². The third kappa shape index (κ3) is 3.82. The van der Waals surface area contributed by atoms with Crippen molar-refractivity contribution < 1.29 is 4.42 Å². The van der Waals surface area contributed by atoms with Crippen LogP contribution in [0.25, 0.3) is 5.69 Å². The van der Waals surface area contributed by atoms with Gasteiger partial charge in [-0.15, -0.1) is 0 Å². The smallest absolute Gasteiger partial charge is 0.170 e. The molecule has 34 heavy (non-hydrogen) atoms. The van der Waals surface area contributed by atoms with Gasteiger partial charge in [0, 0.05) is 17.6 Å². The van der Waals surface area contributed by atoms with Gasteiger partial charge in [0.15, 0.2) is 5.11 Å². The lowest BCUT2D eigenvalue weighted by Gasteiger charge is -2.27. The Kier molecular flexibility index (Phi) is 5.78. The average Bonchev–Trinajstić information content (AvgIpc) is 3.49. The van der Waals surface area contributed by atoms with Crippen LogP contribution in [-0.4, -0.2) is 19.6 Å². The number of furan rings is 1. The fourth-order valence-electron chi connectivity index (χ4n) is 5.44. The molecule has 1 aliphatic heterocycles. The number of rotatable bonds is 5. The Balaban J connectivity index is 1.66. The number of benzene rings is 1. The molecule has 5 rings (SSSR count). The predicted molar refractivity (Wildman–Crippen MR) is 139 cm³/mol. The molecule has 4 heterocycles. The molecule has 1 fully saturated rings. The van der Waals surface area contributed by atoms with Crippen molar-refractivity contribution in [2.75, 3.05) is 0 Å². The van der Waals surface area contributed by atoms with Crippen LogP contribution in [0.2, 0.25) is 0 Å². The predicted octanol–water partition coefficient (Wildman–Crippen LogP) is 6.18. The Labute approximate surface area is 206 Å². The number of hydrogen-bond donors (Lipinski definition) is 1. The monoisotopic (exact) mass is 470 g/mol. The van der Waals surface area contributed by atoms with Crippen LogP contribution in [0.3, 0.4) is 0 Å². The molecule has 1 saturated heterocycles. The van der Waals surface area contributed by atoms with Crippen LogP contribution in [0.15, 0.2) is 65.4 Å². The van der Waals surface area contributed by atoms with E-state index < -0.39 is 0 Å². The Bertz CT molecular complexity index is 1320. The molecule has 6 heteroatoms. The summed E-state index contributed by atoms with van der Waals surface area (Å²) < 4.78 is 8.08. The van der Waals surface area contributed by atoms with E-state index in [-0.39, 0.29) is 12.1 Å². The summed E-state index contributed by atoms with van der Waals surface area (Å²) in [6, 6.07) is 16.7. The van der Waals surface area contributed by atoms with Gasteiger partial charge in [0.05, 0.1) is 36.3 Å². The minimum atomic E-state index is -0.0576. The maximum absolute atomic E-state index is 5.84. The molecule has 1 aromatic carbocycles. The number of aromatic nitrogens is 2. The van der Waals surface area contributed by atoms with Crippen molar-refractivity contribution in [2.45, 2.75) is 53.2 Å². The van der Waals surface area contributed by atoms with Crippen molar-refractivity contribution in [3.05, 3.63) is 106 Å². The normalized spacial score (nSPS) is 17.9. The summed E-state index contributed by atoms with van der Waals surface area (Å²) in [5, 5.41) is 4.26. The standard InChI is InChI=1S/C28H30N4OS/c1-17-13-18(2)26(19(3)14-17)32-20(4)15-23(21(32)5)27-25(24-10-6-7-11-29-24)30-28(34)31(27)16-22-9-8-12-33-22/h6-15,25,27H,16H2,1-5H3,(H,30,34)/t25-,27+/m0/s1. The molecular formula is C28H30N4OS. The van der Waals surface area contributed by atoms with Gasteiger partial charge in [0.2, 0.25) is 0 Å². The van der Waals surface area contributed by atoms with Crippen LogP contribution in [0.4, 0.5) is 0 Å². The molecule has 0 saturated carbocycles. The van der Waals surface area contributed by atoms with Gasteiger partial charge >= 0.3 is 0 Å². The Hall–Kier alpha value is -3.38. The summed E-state index contributed by atoms with van der Waals surface area (Å²) >= 11 is 5.84. The average molecular weight is 471 g/mol. The summed E-state index contributed by atoms with van der Waals surface area (Å²) in [5.74, 6) is 0.884. The van der Waals surface area contributed by atoms with Crippen molar-refractivity contribution in [2.24, 2.45) is 0 Å².